The number of anilines is 1. The van der Waals surface area contributed by atoms with Crippen molar-refractivity contribution < 1.29 is 4.79 Å². The van der Waals surface area contributed by atoms with Gasteiger partial charge in [-0.05, 0) is 48.9 Å². The summed E-state index contributed by atoms with van der Waals surface area (Å²) < 4.78 is 0. The van der Waals surface area contributed by atoms with Crippen LogP contribution in [0.3, 0.4) is 0 Å². The Labute approximate surface area is 121 Å². The summed E-state index contributed by atoms with van der Waals surface area (Å²) in [6, 6.07) is 8.26. The van der Waals surface area contributed by atoms with Crippen LogP contribution < -0.4 is 10.6 Å². The molecule has 2 rings (SSSR count). The molecule has 0 saturated heterocycles. The third-order valence-corrected chi connectivity index (χ3v) is 4.04. The summed E-state index contributed by atoms with van der Waals surface area (Å²) in [5, 5.41) is 6.30. The number of carbonyl (C=O) groups is 1. The van der Waals surface area contributed by atoms with Crippen LogP contribution >= 0.6 is 0 Å². The van der Waals surface area contributed by atoms with E-state index < -0.39 is 0 Å². The van der Waals surface area contributed by atoms with Gasteiger partial charge in [0.25, 0.3) is 5.91 Å². The standard InChI is InChI=1S/C17H24N2O/c1-4-9-18-17(20)13-5-7-15(8-6-13)19-16-10-14(11-16)12(2)3/h4-8,12,14,16,19H,1,9-11H2,2-3H3,(H,18,20). The minimum atomic E-state index is -0.0556. The summed E-state index contributed by atoms with van der Waals surface area (Å²) >= 11 is 0. The summed E-state index contributed by atoms with van der Waals surface area (Å²) in [5.41, 5.74) is 1.78. The highest BCUT2D eigenvalue weighted by Gasteiger charge is 2.30. The van der Waals surface area contributed by atoms with Crippen molar-refractivity contribution in [3.05, 3.63) is 42.5 Å². The summed E-state index contributed by atoms with van der Waals surface area (Å²) in [6.45, 7) is 8.66. The Bertz CT molecular complexity index is 458. The normalized spacial score (nSPS) is 21.1. The van der Waals surface area contributed by atoms with Crippen molar-refractivity contribution in [3.8, 4) is 0 Å². The maximum absolute atomic E-state index is 11.7. The lowest BCUT2D eigenvalue weighted by atomic mass is 9.73. The predicted octanol–water partition coefficient (Wildman–Crippen LogP) is 3.45. The smallest absolute Gasteiger partial charge is 0.251 e. The third kappa shape index (κ3) is 3.62. The summed E-state index contributed by atoms with van der Waals surface area (Å²) in [4.78, 5) is 11.7. The van der Waals surface area contributed by atoms with Crippen molar-refractivity contribution in [1.82, 2.24) is 5.32 Å². The molecule has 1 amide bonds. The van der Waals surface area contributed by atoms with Gasteiger partial charge in [-0.3, -0.25) is 4.79 Å². The molecule has 0 bridgehead atoms. The lowest BCUT2D eigenvalue weighted by Crippen LogP contribution is -2.37. The Balaban J connectivity index is 1.83. The number of hydrogen-bond donors (Lipinski definition) is 2. The highest BCUT2D eigenvalue weighted by Crippen LogP contribution is 2.35. The second-order valence-electron chi connectivity index (χ2n) is 5.89. The van der Waals surface area contributed by atoms with Crippen LogP contribution in [0.2, 0.25) is 0 Å². The van der Waals surface area contributed by atoms with E-state index in [4.69, 9.17) is 0 Å². The monoisotopic (exact) mass is 272 g/mol. The summed E-state index contributed by atoms with van der Waals surface area (Å²) in [5.74, 6) is 1.58. The molecule has 0 heterocycles. The van der Waals surface area contributed by atoms with E-state index in [0.717, 1.165) is 17.5 Å². The largest absolute Gasteiger partial charge is 0.382 e. The molecule has 1 aromatic carbocycles. The minimum Gasteiger partial charge on any atom is -0.382 e. The van der Waals surface area contributed by atoms with Crippen molar-refractivity contribution in [2.24, 2.45) is 11.8 Å². The van der Waals surface area contributed by atoms with Crippen LogP contribution in [-0.2, 0) is 0 Å². The number of rotatable bonds is 6. The Kier molecular flexibility index (Phi) is 4.83. The van der Waals surface area contributed by atoms with E-state index in [1.54, 1.807) is 6.08 Å². The van der Waals surface area contributed by atoms with Gasteiger partial charge in [0.1, 0.15) is 0 Å². The first-order valence-electron chi connectivity index (χ1n) is 7.36. The third-order valence-electron chi connectivity index (χ3n) is 4.04. The van der Waals surface area contributed by atoms with E-state index in [9.17, 15) is 4.79 Å². The number of carbonyl (C=O) groups excluding carboxylic acids is 1. The van der Waals surface area contributed by atoms with Crippen LogP contribution in [0, 0.1) is 11.8 Å². The molecule has 2 N–H and O–H groups in total. The average Bonchev–Trinajstić information content (AvgIpc) is 2.40. The van der Waals surface area contributed by atoms with Gasteiger partial charge in [0.05, 0.1) is 0 Å². The molecule has 0 atom stereocenters. The maximum atomic E-state index is 11.7. The van der Waals surface area contributed by atoms with Gasteiger partial charge in [0.15, 0.2) is 0 Å². The zero-order chi connectivity index (χ0) is 14.5. The van der Waals surface area contributed by atoms with Crippen molar-refractivity contribution in [3.63, 3.8) is 0 Å². The molecule has 3 heteroatoms. The molecule has 0 aliphatic heterocycles. The molecule has 108 valence electrons. The lowest BCUT2D eigenvalue weighted by Gasteiger charge is -2.39. The van der Waals surface area contributed by atoms with Crippen molar-refractivity contribution >= 4 is 11.6 Å². The fourth-order valence-corrected chi connectivity index (χ4v) is 2.54. The SMILES string of the molecule is C=CCNC(=O)c1ccc(NC2CC(C(C)C)C2)cc1. The summed E-state index contributed by atoms with van der Waals surface area (Å²) in [6.07, 6.45) is 4.17. The van der Waals surface area contributed by atoms with E-state index >= 15 is 0 Å². The zero-order valence-electron chi connectivity index (χ0n) is 12.4. The highest BCUT2D eigenvalue weighted by molar-refractivity contribution is 5.94. The Morgan fingerprint density at radius 2 is 2.00 bits per heavy atom. The van der Waals surface area contributed by atoms with E-state index in [1.165, 1.54) is 12.8 Å². The van der Waals surface area contributed by atoms with Crippen molar-refractivity contribution in [2.45, 2.75) is 32.7 Å². The quantitative estimate of drug-likeness (QED) is 0.779. The van der Waals surface area contributed by atoms with E-state index in [1.807, 2.05) is 24.3 Å². The predicted molar refractivity (Wildman–Crippen MR) is 83.9 cm³/mol. The van der Waals surface area contributed by atoms with Gasteiger partial charge in [-0.25, -0.2) is 0 Å². The number of hydrogen-bond acceptors (Lipinski definition) is 2. The first kappa shape index (κ1) is 14.6. The van der Waals surface area contributed by atoms with E-state index in [0.29, 0.717) is 18.2 Å². The van der Waals surface area contributed by atoms with Crippen LogP contribution in [0.5, 0.6) is 0 Å². The number of nitrogens with one attached hydrogen (secondary N) is 2. The Hall–Kier alpha value is -1.77. The van der Waals surface area contributed by atoms with Crippen LogP contribution in [0.4, 0.5) is 5.69 Å². The van der Waals surface area contributed by atoms with Crippen LogP contribution in [-0.4, -0.2) is 18.5 Å². The van der Waals surface area contributed by atoms with Crippen LogP contribution in [0.25, 0.3) is 0 Å². The number of amides is 1. The van der Waals surface area contributed by atoms with Gasteiger partial charge in [0, 0.05) is 23.8 Å². The molecule has 1 aromatic rings. The number of benzene rings is 1. The second kappa shape index (κ2) is 6.60. The first-order chi connectivity index (χ1) is 9.60. The molecule has 1 aliphatic carbocycles. The fraction of sp³-hybridized carbons (Fsp3) is 0.471. The van der Waals surface area contributed by atoms with Gasteiger partial charge in [-0.1, -0.05) is 19.9 Å². The van der Waals surface area contributed by atoms with Gasteiger partial charge < -0.3 is 10.6 Å². The zero-order valence-corrected chi connectivity index (χ0v) is 12.4. The molecule has 0 unspecified atom stereocenters. The molecule has 1 aliphatic rings. The van der Waals surface area contributed by atoms with E-state index in [-0.39, 0.29) is 5.91 Å². The van der Waals surface area contributed by atoms with Crippen LogP contribution in [0.15, 0.2) is 36.9 Å². The van der Waals surface area contributed by atoms with E-state index in [2.05, 4.69) is 31.1 Å². The van der Waals surface area contributed by atoms with Crippen molar-refractivity contribution in [1.29, 1.82) is 0 Å². The van der Waals surface area contributed by atoms with Gasteiger partial charge in [-0.2, -0.15) is 0 Å². The van der Waals surface area contributed by atoms with Gasteiger partial charge >= 0.3 is 0 Å². The van der Waals surface area contributed by atoms with Gasteiger partial charge in [0.2, 0.25) is 0 Å². The average molecular weight is 272 g/mol. The van der Waals surface area contributed by atoms with Crippen molar-refractivity contribution in [2.75, 3.05) is 11.9 Å². The molecular weight excluding hydrogens is 248 g/mol. The fourth-order valence-electron chi connectivity index (χ4n) is 2.54. The maximum Gasteiger partial charge on any atom is 0.251 e. The van der Waals surface area contributed by atoms with Crippen LogP contribution in [0.1, 0.15) is 37.0 Å². The lowest BCUT2D eigenvalue weighted by molar-refractivity contribution is 0.0958. The first-order valence-corrected chi connectivity index (χ1v) is 7.36. The molecule has 20 heavy (non-hydrogen) atoms. The molecule has 3 nitrogen and oxygen atoms in total. The minimum absolute atomic E-state index is 0.0556. The Morgan fingerprint density at radius 3 is 2.55 bits per heavy atom. The molecule has 0 radical (unpaired) electrons. The molecule has 0 spiro atoms. The Morgan fingerprint density at radius 1 is 1.35 bits per heavy atom. The highest BCUT2D eigenvalue weighted by atomic mass is 16.1. The molecular formula is C17H24N2O. The van der Waals surface area contributed by atoms with Gasteiger partial charge in [-0.15, -0.1) is 6.58 Å². The summed E-state index contributed by atoms with van der Waals surface area (Å²) in [7, 11) is 0. The topological polar surface area (TPSA) is 41.1 Å². The molecule has 1 fully saturated rings. The molecule has 0 aromatic heterocycles. The second-order valence-corrected chi connectivity index (χ2v) is 5.89. The molecule has 1 saturated carbocycles.